The van der Waals surface area contributed by atoms with Crippen LogP contribution in [0.5, 0.6) is 28.7 Å². The third-order valence-electron chi connectivity index (χ3n) is 11.1. The number of benzene rings is 2. The first kappa shape index (κ1) is 51.1. The quantitative estimate of drug-likeness (QED) is 0.0530. The van der Waals surface area contributed by atoms with Crippen molar-refractivity contribution in [2.24, 2.45) is 0 Å². The minimum atomic E-state index is -0.532. The second-order valence-corrected chi connectivity index (χ2v) is 16.5. The van der Waals surface area contributed by atoms with E-state index in [0.29, 0.717) is 42.8 Å². The van der Waals surface area contributed by atoms with Crippen molar-refractivity contribution in [1.82, 2.24) is 0 Å². The van der Waals surface area contributed by atoms with Crippen molar-refractivity contribution in [1.29, 1.82) is 0 Å². The molecular formula is C51H86O7. The maximum absolute atomic E-state index is 12.2. The van der Waals surface area contributed by atoms with Crippen LogP contribution in [0.4, 0.5) is 0 Å². The molecule has 0 heterocycles. The molecule has 7 nitrogen and oxygen atoms in total. The molecule has 2 rings (SSSR count). The molecule has 0 aromatic heterocycles. The molecule has 0 saturated heterocycles. The first-order chi connectivity index (χ1) is 28.5. The number of phenols is 1. The zero-order valence-corrected chi connectivity index (χ0v) is 37.8. The first-order valence-electron chi connectivity index (χ1n) is 24.1. The van der Waals surface area contributed by atoms with E-state index in [4.69, 9.17) is 23.7 Å². The molecular weight excluding hydrogens is 725 g/mol. The van der Waals surface area contributed by atoms with Gasteiger partial charge in [0, 0.05) is 6.07 Å². The molecule has 58 heavy (non-hydrogen) atoms. The van der Waals surface area contributed by atoms with Gasteiger partial charge in [0.1, 0.15) is 18.1 Å². The van der Waals surface area contributed by atoms with E-state index in [-0.39, 0.29) is 17.9 Å². The Hall–Kier alpha value is -3.09. The van der Waals surface area contributed by atoms with Gasteiger partial charge in [-0.3, -0.25) is 0 Å². The third-order valence-corrected chi connectivity index (χ3v) is 11.1. The average molecular weight is 811 g/mol. The lowest BCUT2D eigenvalue weighted by molar-refractivity contribution is 0.0599. The molecule has 0 fully saturated rings. The number of rotatable bonds is 40. The van der Waals surface area contributed by atoms with Gasteiger partial charge < -0.3 is 28.8 Å². The van der Waals surface area contributed by atoms with E-state index in [2.05, 4.69) is 20.8 Å². The highest BCUT2D eigenvalue weighted by Gasteiger charge is 2.17. The van der Waals surface area contributed by atoms with E-state index in [0.717, 1.165) is 44.1 Å². The number of phenolic OH excluding ortho intramolecular Hbond substituents is 1. The summed E-state index contributed by atoms with van der Waals surface area (Å²) in [6.07, 6.45) is 38.2. The van der Waals surface area contributed by atoms with Gasteiger partial charge in [0.25, 0.3) is 0 Å². The Labute approximate surface area is 355 Å². The zero-order valence-electron chi connectivity index (χ0n) is 37.8. The van der Waals surface area contributed by atoms with Crippen LogP contribution in [0, 0.1) is 0 Å². The van der Waals surface area contributed by atoms with Crippen LogP contribution >= 0.6 is 0 Å². The van der Waals surface area contributed by atoms with Gasteiger partial charge in [0.15, 0.2) is 11.5 Å². The SMILES string of the molecule is CCCCCCCCCCCCOc1cc(COc2cc(O)cc(C(=O)OC)c2)cc(OCCCCCCCCCCCC)c1OCCCCCCCCCCCC. The van der Waals surface area contributed by atoms with E-state index in [1.807, 2.05) is 12.1 Å². The summed E-state index contributed by atoms with van der Waals surface area (Å²) in [5, 5.41) is 10.3. The topological polar surface area (TPSA) is 83.5 Å². The fourth-order valence-electron chi connectivity index (χ4n) is 7.45. The summed E-state index contributed by atoms with van der Waals surface area (Å²) in [5.74, 6) is 1.85. The van der Waals surface area contributed by atoms with Crippen molar-refractivity contribution >= 4 is 5.97 Å². The van der Waals surface area contributed by atoms with Gasteiger partial charge in [0.05, 0.1) is 32.5 Å². The van der Waals surface area contributed by atoms with Gasteiger partial charge in [-0.15, -0.1) is 0 Å². The van der Waals surface area contributed by atoms with Gasteiger partial charge in [-0.05, 0) is 49.1 Å². The molecule has 7 heteroatoms. The van der Waals surface area contributed by atoms with Crippen LogP contribution in [-0.4, -0.2) is 38.0 Å². The highest BCUT2D eigenvalue weighted by Crippen LogP contribution is 2.40. The number of carbonyl (C=O) groups is 1. The van der Waals surface area contributed by atoms with E-state index >= 15 is 0 Å². The number of carbonyl (C=O) groups excluding carboxylic acids is 1. The van der Waals surface area contributed by atoms with Gasteiger partial charge in [-0.25, -0.2) is 4.79 Å². The summed E-state index contributed by atoms with van der Waals surface area (Å²) in [7, 11) is 1.32. The maximum Gasteiger partial charge on any atom is 0.338 e. The number of hydrogen-bond donors (Lipinski definition) is 1. The van der Waals surface area contributed by atoms with Crippen LogP contribution in [-0.2, 0) is 11.3 Å². The fraction of sp³-hybridized carbons (Fsp3) is 0.745. The molecule has 0 saturated carbocycles. The molecule has 332 valence electrons. The predicted molar refractivity (Wildman–Crippen MR) is 242 cm³/mol. The lowest BCUT2D eigenvalue weighted by atomic mass is 10.1. The third kappa shape index (κ3) is 25.4. The Morgan fingerprint density at radius 1 is 0.448 bits per heavy atom. The number of aromatic hydroxyl groups is 1. The Morgan fingerprint density at radius 2 is 0.810 bits per heavy atom. The summed E-state index contributed by atoms with van der Waals surface area (Å²) in [5.41, 5.74) is 1.10. The van der Waals surface area contributed by atoms with E-state index in [9.17, 15) is 9.90 Å². The molecule has 0 aliphatic carbocycles. The van der Waals surface area contributed by atoms with Crippen LogP contribution in [0.15, 0.2) is 30.3 Å². The lowest BCUT2D eigenvalue weighted by Gasteiger charge is -2.19. The molecule has 0 atom stereocenters. The number of hydrogen-bond acceptors (Lipinski definition) is 7. The monoisotopic (exact) mass is 811 g/mol. The van der Waals surface area contributed by atoms with E-state index < -0.39 is 5.97 Å². The smallest absolute Gasteiger partial charge is 0.338 e. The van der Waals surface area contributed by atoms with E-state index in [1.54, 1.807) is 6.07 Å². The van der Waals surface area contributed by atoms with Crippen molar-refractivity contribution in [3.8, 4) is 28.7 Å². The normalized spacial score (nSPS) is 11.2. The predicted octanol–water partition coefficient (Wildman–Crippen LogP) is 15.7. The van der Waals surface area contributed by atoms with Crippen molar-refractivity contribution < 1.29 is 33.6 Å². The molecule has 0 unspecified atom stereocenters. The highest BCUT2D eigenvalue weighted by molar-refractivity contribution is 5.90. The molecule has 2 aromatic carbocycles. The second-order valence-electron chi connectivity index (χ2n) is 16.5. The summed E-state index contributed by atoms with van der Waals surface area (Å²) in [6.45, 7) is 8.86. The Kier molecular flexibility index (Phi) is 31.5. The summed E-state index contributed by atoms with van der Waals surface area (Å²) >= 11 is 0. The molecule has 2 aromatic rings. The second kappa shape index (κ2) is 35.8. The Morgan fingerprint density at radius 3 is 1.19 bits per heavy atom. The zero-order chi connectivity index (χ0) is 41.7. The summed E-state index contributed by atoms with van der Waals surface area (Å²) in [4.78, 5) is 12.2. The number of unbranched alkanes of at least 4 members (excludes halogenated alkanes) is 27. The van der Waals surface area contributed by atoms with Crippen molar-refractivity contribution in [3.63, 3.8) is 0 Å². The molecule has 0 bridgehead atoms. The van der Waals surface area contributed by atoms with Crippen LogP contribution < -0.4 is 18.9 Å². The number of ether oxygens (including phenoxy) is 5. The van der Waals surface area contributed by atoms with Crippen molar-refractivity contribution in [3.05, 3.63) is 41.5 Å². The Bertz CT molecular complexity index is 1230. The van der Waals surface area contributed by atoms with Gasteiger partial charge >= 0.3 is 5.97 Å². The van der Waals surface area contributed by atoms with Crippen molar-refractivity contribution in [2.45, 2.75) is 220 Å². The molecule has 1 N–H and O–H groups in total. The highest BCUT2D eigenvalue weighted by atomic mass is 16.5. The lowest BCUT2D eigenvalue weighted by Crippen LogP contribution is -2.08. The molecule has 0 aliphatic heterocycles. The summed E-state index contributed by atoms with van der Waals surface area (Å²) in [6, 6.07) is 8.46. The largest absolute Gasteiger partial charge is 0.508 e. The number of methoxy groups -OCH3 is 1. The van der Waals surface area contributed by atoms with Crippen LogP contribution in [0.2, 0.25) is 0 Å². The minimum absolute atomic E-state index is 0.0605. The van der Waals surface area contributed by atoms with Crippen LogP contribution in [0.3, 0.4) is 0 Å². The number of esters is 1. The standard InChI is InChI=1S/C51H86O7/c1-5-8-11-14-17-20-23-26-29-32-35-55-48-38-44(43-58-47-41-45(51(53)54-4)40-46(52)42-47)39-49(56-36-33-30-27-24-21-18-15-12-9-6-2)50(48)57-37-34-31-28-25-22-19-16-13-10-7-3/h38-42,52H,5-37,43H2,1-4H3. The Balaban J connectivity index is 2.10. The van der Waals surface area contributed by atoms with Crippen molar-refractivity contribution in [2.75, 3.05) is 26.9 Å². The summed E-state index contributed by atoms with van der Waals surface area (Å²) < 4.78 is 30.6. The molecule has 0 spiro atoms. The average Bonchev–Trinajstić information content (AvgIpc) is 3.23. The first-order valence-corrected chi connectivity index (χ1v) is 24.1. The minimum Gasteiger partial charge on any atom is -0.508 e. The van der Waals surface area contributed by atoms with Crippen LogP contribution in [0.1, 0.15) is 229 Å². The van der Waals surface area contributed by atoms with E-state index in [1.165, 1.54) is 173 Å². The van der Waals surface area contributed by atoms with Gasteiger partial charge in [-0.2, -0.15) is 0 Å². The van der Waals surface area contributed by atoms with Gasteiger partial charge in [0.2, 0.25) is 5.75 Å². The maximum atomic E-state index is 12.2. The molecule has 0 radical (unpaired) electrons. The van der Waals surface area contributed by atoms with Crippen LogP contribution in [0.25, 0.3) is 0 Å². The van der Waals surface area contributed by atoms with Gasteiger partial charge in [-0.1, -0.05) is 194 Å². The molecule has 0 aliphatic rings. The fourth-order valence-corrected chi connectivity index (χ4v) is 7.45. The molecule has 0 amide bonds.